The Morgan fingerprint density at radius 3 is 2.33 bits per heavy atom. The van der Waals surface area contributed by atoms with Gasteiger partial charge < -0.3 is 37.3 Å². The first-order valence-corrected chi connectivity index (χ1v) is 13.1. The van der Waals surface area contributed by atoms with E-state index >= 15 is 0 Å². The van der Waals surface area contributed by atoms with Crippen LogP contribution in [-0.4, -0.2) is 92.3 Å². The van der Waals surface area contributed by atoms with Crippen LogP contribution in [-0.2, 0) is 6.54 Å². The first-order valence-electron chi connectivity index (χ1n) is 13.1. The number of allylic oxidation sites excluding steroid dienone is 2. The number of hydrogen-bond acceptors (Lipinski definition) is 13. The molecular weight excluding hydrogens is 556 g/mol. The van der Waals surface area contributed by atoms with E-state index in [4.69, 9.17) is 42.7 Å². The first kappa shape index (κ1) is 30.6. The number of amidine groups is 1. The summed E-state index contributed by atoms with van der Waals surface area (Å²) < 4.78 is 6.79. The third-order valence-electron chi connectivity index (χ3n) is 6.15. The Labute approximate surface area is 246 Å². The Bertz CT molecular complexity index is 1630. The predicted octanol–water partition coefficient (Wildman–Crippen LogP) is 0.896. The van der Waals surface area contributed by atoms with E-state index in [1.54, 1.807) is 24.4 Å². The van der Waals surface area contributed by atoms with Crippen molar-refractivity contribution in [3.8, 4) is 5.75 Å². The molecular formula is C28H32N10O5. The molecule has 0 spiro atoms. The number of aliphatic imine (C=N–C) groups is 2. The number of carbonyl (C=O) groups is 1. The Kier molecular flexibility index (Phi) is 9.95. The molecule has 15 nitrogen and oxygen atoms in total. The van der Waals surface area contributed by atoms with Crippen molar-refractivity contribution >= 4 is 57.8 Å². The van der Waals surface area contributed by atoms with Gasteiger partial charge in [0.2, 0.25) is 0 Å². The maximum atomic E-state index is 11.8. The van der Waals surface area contributed by atoms with Crippen LogP contribution in [0.15, 0.2) is 69.8 Å². The Morgan fingerprint density at radius 1 is 0.884 bits per heavy atom. The molecule has 10 N–H and O–H groups in total. The van der Waals surface area contributed by atoms with Crippen LogP contribution in [0.4, 0.5) is 28.6 Å². The molecule has 0 radical (unpaired) electrons. The first-order chi connectivity index (χ1) is 20.8. The lowest BCUT2D eigenvalue weighted by Crippen LogP contribution is -2.28. The molecule has 0 unspecified atom stereocenters. The molecule has 1 aliphatic heterocycles. The summed E-state index contributed by atoms with van der Waals surface area (Å²) in [5.41, 5.74) is 21.6. The van der Waals surface area contributed by atoms with Gasteiger partial charge in [-0.15, -0.1) is 0 Å². The number of hydrogen-bond donors (Lipinski definition) is 7. The largest absolute Gasteiger partial charge is 0.489 e. The zero-order valence-electron chi connectivity index (χ0n) is 23.1. The molecule has 224 valence electrons. The maximum Gasteiger partial charge on any atom is 0.186 e. The molecule has 0 saturated heterocycles. The highest BCUT2D eigenvalue weighted by atomic mass is 16.5. The number of nitrogen functional groups attached to an aromatic ring is 3. The third-order valence-corrected chi connectivity index (χ3v) is 6.15. The van der Waals surface area contributed by atoms with Crippen molar-refractivity contribution in [2.24, 2.45) is 15.1 Å². The molecule has 0 fully saturated rings. The summed E-state index contributed by atoms with van der Waals surface area (Å²) in [6, 6.07) is 10.4. The number of ether oxygens (including phenoxy) is 1. The summed E-state index contributed by atoms with van der Waals surface area (Å²) in [6.07, 6.45) is 6.13. The van der Waals surface area contributed by atoms with Gasteiger partial charge in [0.25, 0.3) is 0 Å². The van der Waals surface area contributed by atoms with Gasteiger partial charge in [0.05, 0.1) is 68.1 Å². The molecule has 1 aliphatic carbocycles. The van der Waals surface area contributed by atoms with Crippen molar-refractivity contribution in [2.75, 3.05) is 50.2 Å². The number of carbonyl (C=O) groups excluding carboxylic acids is 1. The highest BCUT2D eigenvalue weighted by molar-refractivity contribution is 6.63. The number of aliphatic hydroxyl groups is 3. The number of ketones is 1. The lowest BCUT2D eigenvalue weighted by molar-refractivity contribution is 0.104. The normalized spacial score (nSPS) is 15.7. The minimum atomic E-state index is -0.138. The van der Waals surface area contributed by atoms with E-state index in [9.17, 15) is 4.79 Å². The molecule has 2 aromatic carbocycles. The standard InChI is InChI=1S/C15H14N4O2.C13H18N6O3/c16-15-13(9-17-19(15)7-8-20)18-12-5-6-14(21)11-4-2-1-3-10(11)12;14-8-5-9(15)12(22-4-3-21)6-10(8)18-11-7-17-19(1-2-20)13(11)16/h1-6,9,20H,7-8,16H2;5-7,16,20-21H,1-4,14-15H2. The van der Waals surface area contributed by atoms with E-state index in [1.165, 1.54) is 28.0 Å². The fourth-order valence-electron chi connectivity index (χ4n) is 4.06. The van der Waals surface area contributed by atoms with E-state index in [2.05, 4.69) is 20.2 Å². The number of nitrogens with zero attached hydrogens (tertiary/aromatic N) is 6. The maximum absolute atomic E-state index is 11.8. The van der Waals surface area contributed by atoms with Crippen LogP contribution in [0.5, 0.6) is 5.75 Å². The molecule has 43 heavy (non-hydrogen) atoms. The van der Waals surface area contributed by atoms with E-state index in [0.717, 1.165) is 5.56 Å². The average molecular weight is 589 g/mol. The third kappa shape index (κ3) is 7.10. The van der Waals surface area contributed by atoms with Crippen LogP contribution < -0.4 is 21.9 Å². The van der Waals surface area contributed by atoms with Crippen LogP contribution >= 0.6 is 0 Å². The molecule has 5 rings (SSSR count). The van der Waals surface area contributed by atoms with Gasteiger partial charge in [-0.05, 0) is 18.2 Å². The van der Waals surface area contributed by atoms with Crippen molar-refractivity contribution in [2.45, 2.75) is 6.54 Å². The van der Waals surface area contributed by atoms with Crippen molar-refractivity contribution < 1.29 is 24.9 Å². The summed E-state index contributed by atoms with van der Waals surface area (Å²) in [5, 5.41) is 43.9. The zero-order chi connectivity index (χ0) is 30.9. The lowest BCUT2D eigenvalue weighted by atomic mass is 9.94. The minimum absolute atomic E-state index is 0.0338. The van der Waals surface area contributed by atoms with Crippen LogP contribution in [0.25, 0.3) is 0 Å². The molecule has 0 saturated carbocycles. The van der Waals surface area contributed by atoms with Crippen molar-refractivity contribution in [1.82, 2.24) is 14.8 Å². The zero-order valence-corrected chi connectivity index (χ0v) is 23.1. The molecule has 2 aliphatic rings. The van der Waals surface area contributed by atoms with Crippen molar-refractivity contribution in [1.29, 1.82) is 5.41 Å². The Morgan fingerprint density at radius 2 is 1.60 bits per heavy atom. The van der Waals surface area contributed by atoms with Crippen molar-refractivity contribution in [3.05, 3.63) is 65.9 Å². The number of fused-ring (bicyclic) bond motifs is 1. The SMILES string of the molecule is N=C1C(=Nc2cc(OCCO)c(N)cc2N)C=NN1CCO.Nc1c(N=C2C=CC(=O)c3ccccc32)cnn1CCO. The van der Waals surface area contributed by atoms with Gasteiger partial charge in [-0.3, -0.25) is 10.2 Å². The summed E-state index contributed by atoms with van der Waals surface area (Å²) in [4.78, 5) is 20.6. The van der Waals surface area contributed by atoms with E-state index < -0.39 is 0 Å². The average Bonchev–Trinajstić information content (AvgIpc) is 3.52. The topological polar surface area (TPSA) is 247 Å². The second-order valence-corrected chi connectivity index (χ2v) is 9.06. The lowest BCUT2D eigenvalue weighted by Gasteiger charge is -2.12. The van der Waals surface area contributed by atoms with Gasteiger partial charge in [-0.25, -0.2) is 19.7 Å². The molecule has 0 atom stereocenters. The van der Waals surface area contributed by atoms with Gasteiger partial charge in [-0.2, -0.15) is 10.2 Å². The number of nitrogens with two attached hydrogens (primary N) is 3. The van der Waals surface area contributed by atoms with Crippen LogP contribution in [0, 0.1) is 5.41 Å². The molecule has 0 amide bonds. The number of hydrazone groups is 1. The van der Waals surface area contributed by atoms with Gasteiger partial charge in [0.15, 0.2) is 11.6 Å². The number of rotatable bonds is 9. The van der Waals surface area contributed by atoms with Crippen LogP contribution in [0.1, 0.15) is 15.9 Å². The second kappa shape index (κ2) is 14.0. The Hall–Kier alpha value is -5.38. The molecule has 1 aromatic heterocycles. The van der Waals surface area contributed by atoms with Crippen LogP contribution in [0.2, 0.25) is 0 Å². The van der Waals surface area contributed by atoms with Gasteiger partial charge in [0, 0.05) is 17.2 Å². The number of aromatic nitrogens is 2. The highest BCUT2D eigenvalue weighted by Crippen LogP contribution is 2.33. The van der Waals surface area contributed by atoms with Crippen molar-refractivity contribution in [3.63, 3.8) is 0 Å². The van der Waals surface area contributed by atoms with Gasteiger partial charge in [0.1, 0.15) is 29.6 Å². The van der Waals surface area contributed by atoms with Gasteiger partial charge in [-0.1, -0.05) is 24.3 Å². The van der Waals surface area contributed by atoms with E-state index in [1.807, 2.05) is 18.2 Å². The van der Waals surface area contributed by atoms with E-state index in [0.29, 0.717) is 57.8 Å². The number of nitrogens with one attached hydrogen (secondary N) is 1. The monoisotopic (exact) mass is 588 g/mol. The highest BCUT2D eigenvalue weighted by Gasteiger charge is 2.21. The number of β-amino-alcohol motifs (C(OH)–C–C–N with tert-alkyl or cyclic N) is 1. The van der Waals surface area contributed by atoms with E-state index in [-0.39, 0.29) is 44.6 Å². The summed E-state index contributed by atoms with van der Waals surface area (Å²) in [6.45, 7) is 0.347. The predicted molar refractivity (Wildman–Crippen MR) is 165 cm³/mol. The summed E-state index contributed by atoms with van der Waals surface area (Å²) in [5.74, 6) is 0.784. The fraction of sp³-hybridized carbons (Fsp3) is 0.214. The smallest absolute Gasteiger partial charge is 0.186 e. The molecule has 3 aromatic rings. The summed E-state index contributed by atoms with van der Waals surface area (Å²) >= 11 is 0. The number of anilines is 3. The Balaban J connectivity index is 0.000000197. The number of aliphatic hydroxyl groups excluding tert-OH is 3. The fourth-order valence-corrected chi connectivity index (χ4v) is 4.06. The van der Waals surface area contributed by atoms with Gasteiger partial charge >= 0.3 is 0 Å². The second-order valence-electron chi connectivity index (χ2n) is 9.06. The molecule has 15 heteroatoms. The quantitative estimate of drug-likeness (QED) is 0.174. The number of benzene rings is 2. The summed E-state index contributed by atoms with van der Waals surface area (Å²) in [7, 11) is 0. The minimum Gasteiger partial charge on any atom is -0.489 e. The molecule has 0 bridgehead atoms. The van der Waals surface area contributed by atoms with Crippen LogP contribution in [0.3, 0.4) is 0 Å². The molecule has 2 heterocycles.